The van der Waals surface area contributed by atoms with Crippen molar-refractivity contribution in [2.24, 2.45) is 0 Å². The van der Waals surface area contributed by atoms with Gasteiger partial charge in [0, 0.05) is 16.7 Å². The molecule has 0 aliphatic carbocycles. The summed E-state index contributed by atoms with van der Waals surface area (Å²) in [5.41, 5.74) is 6.41. The monoisotopic (exact) mass is 352 g/mol. The molecule has 0 bridgehead atoms. The minimum Gasteiger partial charge on any atom is -0.481 e. The molecule has 0 N–H and O–H groups in total. The van der Waals surface area contributed by atoms with E-state index in [2.05, 4.69) is 14.4 Å². The third kappa shape index (κ3) is 2.43. The van der Waals surface area contributed by atoms with E-state index >= 15 is 0 Å². The number of hydrogen-bond donors (Lipinski definition) is 0. The molecular formula is C19H17ClN4O. The molecule has 1 aromatic carbocycles. The van der Waals surface area contributed by atoms with E-state index in [4.69, 9.17) is 21.3 Å². The Balaban J connectivity index is 2.18. The second kappa shape index (κ2) is 5.70. The van der Waals surface area contributed by atoms with E-state index in [1.165, 1.54) is 0 Å². The molecule has 5 nitrogen and oxygen atoms in total. The van der Waals surface area contributed by atoms with Gasteiger partial charge >= 0.3 is 0 Å². The zero-order chi connectivity index (χ0) is 17.7. The van der Waals surface area contributed by atoms with Crippen LogP contribution >= 0.6 is 11.6 Å². The van der Waals surface area contributed by atoms with E-state index in [1.807, 2.05) is 51.1 Å². The molecule has 0 unspecified atom stereocenters. The van der Waals surface area contributed by atoms with Crippen LogP contribution in [0.4, 0.5) is 0 Å². The van der Waals surface area contributed by atoms with E-state index in [-0.39, 0.29) is 0 Å². The number of rotatable bonds is 2. The summed E-state index contributed by atoms with van der Waals surface area (Å²) < 4.78 is 7.36. The number of aromatic nitrogens is 4. The highest BCUT2D eigenvalue weighted by Crippen LogP contribution is 2.31. The van der Waals surface area contributed by atoms with Crippen molar-refractivity contribution in [3.05, 3.63) is 52.3 Å². The average molecular weight is 353 g/mol. The average Bonchev–Trinajstić information content (AvgIpc) is 2.93. The SMILES string of the molecule is COc1ccc2nc(C)c3c(C)nc(-c4ccc(Cl)cc4C)n3c2n1. The lowest BCUT2D eigenvalue weighted by molar-refractivity contribution is 0.399. The van der Waals surface area contributed by atoms with Gasteiger partial charge in [-0.15, -0.1) is 0 Å². The summed E-state index contributed by atoms with van der Waals surface area (Å²) in [6.07, 6.45) is 0. The minimum absolute atomic E-state index is 0.546. The molecule has 0 atom stereocenters. The van der Waals surface area contributed by atoms with E-state index in [1.54, 1.807) is 7.11 Å². The predicted octanol–water partition coefficient (Wildman–Crippen LogP) is 4.53. The second-order valence-electron chi connectivity index (χ2n) is 6.06. The van der Waals surface area contributed by atoms with Crippen molar-refractivity contribution in [1.29, 1.82) is 0 Å². The quantitative estimate of drug-likeness (QED) is 0.531. The molecule has 25 heavy (non-hydrogen) atoms. The summed E-state index contributed by atoms with van der Waals surface area (Å²) in [6, 6.07) is 9.55. The summed E-state index contributed by atoms with van der Waals surface area (Å²) >= 11 is 6.12. The zero-order valence-electron chi connectivity index (χ0n) is 14.5. The molecule has 126 valence electrons. The first-order valence-electron chi connectivity index (χ1n) is 7.96. The Labute approximate surface area is 150 Å². The highest BCUT2D eigenvalue weighted by atomic mass is 35.5. The first kappa shape index (κ1) is 15.8. The third-order valence-corrected chi connectivity index (χ3v) is 4.60. The van der Waals surface area contributed by atoms with Gasteiger partial charge < -0.3 is 4.74 Å². The molecule has 0 radical (unpaired) electrons. The largest absolute Gasteiger partial charge is 0.481 e. The molecule has 3 heterocycles. The number of aryl methyl sites for hydroxylation is 3. The van der Waals surface area contributed by atoms with Crippen molar-refractivity contribution >= 4 is 28.3 Å². The lowest BCUT2D eigenvalue weighted by Gasteiger charge is -2.10. The Hall–Kier alpha value is -2.66. The molecule has 6 heteroatoms. The molecule has 0 spiro atoms. The zero-order valence-corrected chi connectivity index (χ0v) is 15.2. The number of nitrogens with zero attached hydrogens (tertiary/aromatic N) is 4. The number of pyridine rings is 1. The molecule has 0 saturated carbocycles. The highest BCUT2D eigenvalue weighted by molar-refractivity contribution is 6.30. The highest BCUT2D eigenvalue weighted by Gasteiger charge is 2.18. The fourth-order valence-electron chi connectivity index (χ4n) is 3.24. The standard InChI is InChI=1S/C19H17ClN4O/c1-10-9-13(20)5-6-14(10)18-22-12(3)17-11(2)21-15-7-8-16(25-4)23-19(15)24(17)18/h5-9H,1-4H3. The van der Waals surface area contributed by atoms with Crippen LogP contribution in [0, 0.1) is 20.8 Å². The van der Waals surface area contributed by atoms with Crippen LogP contribution in [0.2, 0.25) is 5.02 Å². The number of methoxy groups -OCH3 is 1. The number of halogens is 1. The van der Waals surface area contributed by atoms with Gasteiger partial charge in [0.15, 0.2) is 5.65 Å². The maximum absolute atomic E-state index is 6.12. The van der Waals surface area contributed by atoms with Crippen LogP contribution in [-0.4, -0.2) is 26.5 Å². The normalized spacial score (nSPS) is 11.4. The summed E-state index contributed by atoms with van der Waals surface area (Å²) in [5, 5.41) is 0.710. The molecule has 0 fully saturated rings. The van der Waals surface area contributed by atoms with Crippen LogP contribution in [-0.2, 0) is 0 Å². The molecule has 0 aliphatic rings. The molecule has 4 aromatic rings. The van der Waals surface area contributed by atoms with Gasteiger partial charge in [0.25, 0.3) is 0 Å². The first-order valence-corrected chi connectivity index (χ1v) is 8.34. The summed E-state index contributed by atoms with van der Waals surface area (Å²) in [6.45, 7) is 6.01. The summed E-state index contributed by atoms with van der Waals surface area (Å²) in [5.74, 6) is 1.38. The van der Waals surface area contributed by atoms with Crippen molar-refractivity contribution in [3.63, 3.8) is 0 Å². The van der Waals surface area contributed by atoms with Gasteiger partial charge in [0.2, 0.25) is 5.88 Å². The van der Waals surface area contributed by atoms with E-state index in [0.717, 1.165) is 45.0 Å². The lowest BCUT2D eigenvalue weighted by Crippen LogP contribution is -2.01. The number of benzene rings is 1. The van der Waals surface area contributed by atoms with Crippen molar-refractivity contribution in [3.8, 4) is 17.3 Å². The van der Waals surface area contributed by atoms with Gasteiger partial charge in [-0.25, -0.2) is 9.97 Å². The van der Waals surface area contributed by atoms with E-state index in [9.17, 15) is 0 Å². The molecule has 0 saturated heterocycles. The van der Waals surface area contributed by atoms with Crippen molar-refractivity contribution in [1.82, 2.24) is 19.4 Å². The number of fused-ring (bicyclic) bond motifs is 3. The van der Waals surface area contributed by atoms with Crippen LogP contribution in [0.3, 0.4) is 0 Å². The molecule has 4 rings (SSSR count). The predicted molar refractivity (Wildman–Crippen MR) is 99.5 cm³/mol. The summed E-state index contributed by atoms with van der Waals surface area (Å²) in [7, 11) is 1.61. The van der Waals surface area contributed by atoms with Crippen LogP contribution in [0.5, 0.6) is 5.88 Å². The number of imidazole rings is 1. The maximum Gasteiger partial charge on any atom is 0.215 e. The van der Waals surface area contributed by atoms with Crippen molar-refractivity contribution in [2.75, 3.05) is 7.11 Å². The second-order valence-corrected chi connectivity index (χ2v) is 6.49. The fraction of sp³-hybridized carbons (Fsp3) is 0.211. The van der Waals surface area contributed by atoms with Gasteiger partial charge in [0.05, 0.1) is 24.0 Å². The number of hydrogen-bond acceptors (Lipinski definition) is 4. The van der Waals surface area contributed by atoms with E-state index < -0.39 is 0 Å². The first-order chi connectivity index (χ1) is 12.0. The maximum atomic E-state index is 6.12. The molecule has 0 aliphatic heterocycles. The summed E-state index contributed by atoms with van der Waals surface area (Å²) in [4.78, 5) is 14.1. The van der Waals surface area contributed by atoms with E-state index in [0.29, 0.717) is 10.9 Å². The Bertz CT molecular complexity index is 1130. The molecule has 3 aromatic heterocycles. The van der Waals surface area contributed by atoms with Gasteiger partial charge in [-0.3, -0.25) is 4.40 Å². The number of ether oxygens (including phenoxy) is 1. The Kier molecular flexibility index (Phi) is 3.62. The molecular weight excluding hydrogens is 336 g/mol. The van der Waals surface area contributed by atoms with Gasteiger partial charge in [-0.05, 0) is 50.6 Å². The van der Waals surface area contributed by atoms with Gasteiger partial charge in [-0.1, -0.05) is 11.6 Å². The smallest absolute Gasteiger partial charge is 0.215 e. The third-order valence-electron chi connectivity index (χ3n) is 4.36. The Morgan fingerprint density at radius 2 is 1.72 bits per heavy atom. The van der Waals surface area contributed by atoms with Crippen molar-refractivity contribution < 1.29 is 4.74 Å². The lowest BCUT2D eigenvalue weighted by atomic mass is 10.1. The Morgan fingerprint density at radius 1 is 0.960 bits per heavy atom. The van der Waals surface area contributed by atoms with Gasteiger partial charge in [-0.2, -0.15) is 4.98 Å². The Morgan fingerprint density at radius 3 is 2.44 bits per heavy atom. The van der Waals surface area contributed by atoms with Crippen LogP contribution in [0.15, 0.2) is 30.3 Å². The van der Waals surface area contributed by atoms with Gasteiger partial charge in [0.1, 0.15) is 11.3 Å². The van der Waals surface area contributed by atoms with Crippen LogP contribution in [0.1, 0.15) is 17.0 Å². The fourth-order valence-corrected chi connectivity index (χ4v) is 3.47. The van der Waals surface area contributed by atoms with Crippen molar-refractivity contribution in [2.45, 2.75) is 20.8 Å². The topological polar surface area (TPSA) is 52.3 Å². The van der Waals surface area contributed by atoms with Crippen LogP contribution in [0.25, 0.3) is 28.1 Å². The minimum atomic E-state index is 0.546. The van der Waals surface area contributed by atoms with Crippen LogP contribution < -0.4 is 4.74 Å². The molecule has 0 amide bonds.